The summed E-state index contributed by atoms with van der Waals surface area (Å²) >= 11 is 0. The van der Waals surface area contributed by atoms with Crippen molar-refractivity contribution >= 4 is 5.69 Å². The molecule has 0 aromatic heterocycles. The first-order valence-electron chi connectivity index (χ1n) is 7.40. The summed E-state index contributed by atoms with van der Waals surface area (Å²) in [5.41, 5.74) is 1.03. The van der Waals surface area contributed by atoms with Crippen LogP contribution < -0.4 is 10.1 Å². The zero-order chi connectivity index (χ0) is 13.7. The quantitative estimate of drug-likeness (QED) is 0.853. The van der Waals surface area contributed by atoms with Gasteiger partial charge in [0.2, 0.25) is 0 Å². The highest BCUT2D eigenvalue weighted by Gasteiger charge is 2.22. The summed E-state index contributed by atoms with van der Waals surface area (Å²) in [4.78, 5) is 0. The fourth-order valence-corrected chi connectivity index (χ4v) is 2.47. The summed E-state index contributed by atoms with van der Waals surface area (Å²) in [6.45, 7) is 4.19. The van der Waals surface area contributed by atoms with E-state index in [9.17, 15) is 5.11 Å². The Bertz CT molecular complexity index is 394. The normalized spacial score (nSPS) is 24.8. The van der Waals surface area contributed by atoms with Gasteiger partial charge in [-0.2, -0.15) is 0 Å². The van der Waals surface area contributed by atoms with Gasteiger partial charge in [-0.15, -0.1) is 0 Å². The number of hydrogen-bond acceptors (Lipinski definition) is 3. The third kappa shape index (κ3) is 4.13. The molecule has 0 saturated heterocycles. The van der Waals surface area contributed by atoms with Gasteiger partial charge in [-0.1, -0.05) is 25.8 Å². The van der Waals surface area contributed by atoms with Crippen LogP contribution in [0.5, 0.6) is 5.75 Å². The number of ether oxygens (including phenoxy) is 1. The van der Waals surface area contributed by atoms with E-state index >= 15 is 0 Å². The first-order chi connectivity index (χ1) is 9.19. The van der Waals surface area contributed by atoms with Gasteiger partial charge in [0.05, 0.1) is 18.2 Å². The van der Waals surface area contributed by atoms with E-state index in [1.165, 1.54) is 6.42 Å². The van der Waals surface area contributed by atoms with Crippen molar-refractivity contribution in [2.75, 3.05) is 5.32 Å². The number of nitrogens with one attached hydrogen (secondary N) is 1. The van der Waals surface area contributed by atoms with E-state index in [0.29, 0.717) is 0 Å². The largest absolute Gasteiger partial charge is 0.491 e. The number of hydrogen-bond donors (Lipinski definition) is 2. The predicted octanol–water partition coefficient (Wildman–Crippen LogP) is 3.58. The van der Waals surface area contributed by atoms with E-state index in [-0.39, 0.29) is 18.2 Å². The third-order valence-electron chi connectivity index (χ3n) is 3.83. The van der Waals surface area contributed by atoms with E-state index in [4.69, 9.17) is 4.74 Å². The average Bonchev–Trinajstić information content (AvgIpc) is 2.42. The van der Waals surface area contributed by atoms with Crippen LogP contribution >= 0.6 is 0 Å². The SMILES string of the molecule is CCC(C)Oc1cccc(N[C@H]2CCCC[C@@H]2O)c1. The van der Waals surface area contributed by atoms with Gasteiger partial charge in [0.25, 0.3) is 0 Å². The zero-order valence-electron chi connectivity index (χ0n) is 11.9. The number of benzene rings is 1. The molecule has 1 aromatic carbocycles. The highest BCUT2D eigenvalue weighted by molar-refractivity contribution is 5.49. The number of anilines is 1. The molecule has 1 fully saturated rings. The van der Waals surface area contributed by atoms with Crippen molar-refractivity contribution in [1.82, 2.24) is 0 Å². The van der Waals surface area contributed by atoms with Crippen LogP contribution in [0.1, 0.15) is 46.0 Å². The molecule has 0 aliphatic heterocycles. The lowest BCUT2D eigenvalue weighted by molar-refractivity contribution is 0.116. The van der Waals surface area contributed by atoms with Gasteiger partial charge in [-0.25, -0.2) is 0 Å². The smallest absolute Gasteiger partial charge is 0.121 e. The van der Waals surface area contributed by atoms with Crippen LogP contribution in [-0.2, 0) is 0 Å². The highest BCUT2D eigenvalue weighted by atomic mass is 16.5. The second-order valence-electron chi connectivity index (χ2n) is 5.47. The molecule has 3 nitrogen and oxygen atoms in total. The summed E-state index contributed by atoms with van der Waals surface area (Å²) in [7, 11) is 0. The fourth-order valence-electron chi connectivity index (χ4n) is 2.47. The molecule has 3 heteroatoms. The molecule has 0 bridgehead atoms. The number of aliphatic hydroxyl groups is 1. The van der Waals surface area contributed by atoms with E-state index in [1.807, 2.05) is 24.3 Å². The second-order valence-corrected chi connectivity index (χ2v) is 5.47. The van der Waals surface area contributed by atoms with E-state index in [0.717, 1.165) is 37.1 Å². The van der Waals surface area contributed by atoms with Crippen LogP contribution in [0.3, 0.4) is 0 Å². The Balaban J connectivity index is 1.98. The van der Waals surface area contributed by atoms with Gasteiger partial charge < -0.3 is 15.2 Å². The van der Waals surface area contributed by atoms with Crippen LogP contribution in [0.25, 0.3) is 0 Å². The standard InChI is InChI=1S/C16H25NO2/c1-3-12(2)19-14-8-6-7-13(11-14)17-15-9-4-5-10-16(15)18/h6-8,11-12,15-18H,3-5,9-10H2,1-2H3/t12?,15-,16-/m0/s1. The molecule has 1 aliphatic rings. The molecule has 2 N–H and O–H groups in total. The highest BCUT2D eigenvalue weighted by Crippen LogP contribution is 2.25. The average molecular weight is 263 g/mol. The maximum absolute atomic E-state index is 9.99. The Morgan fingerprint density at radius 3 is 2.89 bits per heavy atom. The van der Waals surface area contributed by atoms with Gasteiger partial charge in [-0.3, -0.25) is 0 Å². The van der Waals surface area contributed by atoms with Crippen molar-refractivity contribution in [2.24, 2.45) is 0 Å². The molecule has 1 aromatic rings. The van der Waals surface area contributed by atoms with Crippen LogP contribution in [0.4, 0.5) is 5.69 Å². The summed E-state index contributed by atoms with van der Waals surface area (Å²) in [6, 6.07) is 8.20. The molecule has 0 radical (unpaired) electrons. The first kappa shape index (κ1) is 14.2. The molecular formula is C16H25NO2. The van der Waals surface area contributed by atoms with Crippen molar-refractivity contribution in [1.29, 1.82) is 0 Å². The molecule has 1 saturated carbocycles. The topological polar surface area (TPSA) is 41.5 Å². The van der Waals surface area contributed by atoms with Crippen molar-refractivity contribution < 1.29 is 9.84 Å². The first-order valence-corrected chi connectivity index (χ1v) is 7.40. The van der Waals surface area contributed by atoms with Crippen LogP contribution in [0.15, 0.2) is 24.3 Å². The fraction of sp³-hybridized carbons (Fsp3) is 0.625. The van der Waals surface area contributed by atoms with Crippen LogP contribution in [-0.4, -0.2) is 23.4 Å². The molecular weight excluding hydrogens is 238 g/mol. The predicted molar refractivity (Wildman–Crippen MR) is 78.7 cm³/mol. The molecule has 3 atom stereocenters. The Morgan fingerprint density at radius 2 is 2.16 bits per heavy atom. The Hall–Kier alpha value is -1.22. The molecule has 0 spiro atoms. The van der Waals surface area contributed by atoms with Gasteiger partial charge >= 0.3 is 0 Å². The Kier molecular flexibility index (Phi) is 5.08. The molecule has 0 heterocycles. The van der Waals surface area contributed by atoms with Gasteiger partial charge in [-0.05, 0) is 38.3 Å². The molecule has 0 amide bonds. The van der Waals surface area contributed by atoms with Crippen molar-refractivity contribution in [3.63, 3.8) is 0 Å². The van der Waals surface area contributed by atoms with Crippen LogP contribution in [0.2, 0.25) is 0 Å². The van der Waals surface area contributed by atoms with Crippen molar-refractivity contribution in [2.45, 2.75) is 64.2 Å². The monoisotopic (exact) mass is 263 g/mol. The summed E-state index contributed by atoms with van der Waals surface area (Å²) < 4.78 is 5.82. The molecule has 106 valence electrons. The minimum Gasteiger partial charge on any atom is -0.491 e. The van der Waals surface area contributed by atoms with Crippen molar-refractivity contribution in [3.05, 3.63) is 24.3 Å². The molecule has 19 heavy (non-hydrogen) atoms. The maximum atomic E-state index is 9.99. The summed E-state index contributed by atoms with van der Waals surface area (Å²) in [5, 5.41) is 13.4. The lowest BCUT2D eigenvalue weighted by atomic mass is 9.92. The van der Waals surface area contributed by atoms with Gasteiger partial charge in [0.1, 0.15) is 5.75 Å². The van der Waals surface area contributed by atoms with E-state index in [2.05, 4.69) is 19.2 Å². The summed E-state index contributed by atoms with van der Waals surface area (Å²) in [6.07, 6.45) is 5.27. The molecule has 1 unspecified atom stereocenters. The second kappa shape index (κ2) is 6.80. The van der Waals surface area contributed by atoms with E-state index < -0.39 is 0 Å². The molecule has 2 rings (SSSR count). The molecule has 1 aliphatic carbocycles. The Morgan fingerprint density at radius 1 is 1.37 bits per heavy atom. The van der Waals surface area contributed by atoms with Gasteiger partial charge in [0.15, 0.2) is 0 Å². The minimum atomic E-state index is -0.229. The van der Waals surface area contributed by atoms with E-state index in [1.54, 1.807) is 0 Å². The maximum Gasteiger partial charge on any atom is 0.121 e. The van der Waals surface area contributed by atoms with Gasteiger partial charge in [0, 0.05) is 11.8 Å². The number of aliphatic hydroxyl groups excluding tert-OH is 1. The van der Waals surface area contributed by atoms with Crippen molar-refractivity contribution in [3.8, 4) is 5.75 Å². The number of rotatable bonds is 5. The summed E-state index contributed by atoms with van der Waals surface area (Å²) in [5.74, 6) is 0.893. The lowest BCUT2D eigenvalue weighted by Gasteiger charge is -2.29. The lowest BCUT2D eigenvalue weighted by Crippen LogP contribution is -2.36. The third-order valence-corrected chi connectivity index (χ3v) is 3.83. The Labute approximate surface area is 116 Å². The van der Waals surface area contributed by atoms with Crippen LogP contribution in [0, 0.1) is 0 Å². The zero-order valence-corrected chi connectivity index (χ0v) is 11.9. The minimum absolute atomic E-state index is 0.174.